The molecule has 1 aliphatic carbocycles. The summed E-state index contributed by atoms with van der Waals surface area (Å²) in [4.78, 5) is 2.61. The normalized spacial score (nSPS) is 18.4. The van der Waals surface area contributed by atoms with Crippen LogP contribution in [0.1, 0.15) is 34.5 Å². The van der Waals surface area contributed by atoms with Crippen LogP contribution < -0.4 is 9.47 Å². The summed E-state index contributed by atoms with van der Waals surface area (Å²) in [7, 11) is 3.48. The lowest BCUT2D eigenvalue weighted by Gasteiger charge is -2.30. The second-order valence-electron chi connectivity index (χ2n) is 7.99. The highest BCUT2D eigenvalue weighted by molar-refractivity contribution is 5.49. The van der Waals surface area contributed by atoms with E-state index in [0.29, 0.717) is 6.04 Å². The van der Waals surface area contributed by atoms with E-state index in [2.05, 4.69) is 40.8 Å². The topological polar surface area (TPSA) is 39.5 Å². The molecule has 2 heterocycles. The zero-order valence-corrected chi connectivity index (χ0v) is 17.3. The van der Waals surface area contributed by atoms with E-state index in [-0.39, 0.29) is 0 Å². The van der Waals surface area contributed by atoms with Gasteiger partial charge in [-0.1, -0.05) is 24.3 Å². The van der Waals surface area contributed by atoms with Crippen molar-refractivity contribution >= 4 is 0 Å². The van der Waals surface area contributed by atoms with Gasteiger partial charge in [-0.15, -0.1) is 0 Å². The summed E-state index contributed by atoms with van der Waals surface area (Å²) in [6, 6.07) is 15.0. The molecule has 0 saturated carbocycles. The molecule has 0 saturated heterocycles. The zero-order valence-electron chi connectivity index (χ0n) is 17.3. The van der Waals surface area contributed by atoms with Crippen molar-refractivity contribution in [1.82, 2.24) is 14.7 Å². The largest absolute Gasteiger partial charge is 0.496 e. The molecule has 0 radical (unpaired) electrons. The van der Waals surface area contributed by atoms with Crippen molar-refractivity contribution in [3.63, 3.8) is 0 Å². The fourth-order valence-corrected chi connectivity index (χ4v) is 4.92. The van der Waals surface area contributed by atoms with Crippen molar-refractivity contribution in [2.24, 2.45) is 0 Å². The highest BCUT2D eigenvalue weighted by atomic mass is 16.5. The average molecular weight is 389 g/mol. The van der Waals surface area contributed by atoms with Gasteiger partial charge in [-0.25, -0.2) is 4.68 Å². The third kappa shape index (κ3) is 3.01. The van der Waals surface area contributed by atoms with Crippen molar-refractivity contribution in [3.05, 3.63) is 70.5 Å². The number of fused-ring (bicyclic) bond motifs is 2. The van der Waals surface area contributed by atoms with Gasteiger partial charge in [0.05, 0.1) is 19.9 Å². The smallest absolute Gasteiger partial charge is 0.144 e. The minimum absolute atomic E-state index is 0.536. The molecule has 0 amide bonds. The second-order valence-corrected chi connectivity index (χ2v) is 7.99. The minimum atomic E-state index is 0.536. The molecular weight excluding hydrogens is 362 g/mol. The lowest BCUT2D eigenvalue weighted by Crippen LogP contribution is -2.35. The summed E-state index contributed by atoms with van der Waals surface area (Å²) < 4.78 is 13.2. The molecule has 150 valence electrons. The van der Waals surface area contributed by atoms with Crippen LogP contribution in [0.2, 0.25) is 0 Å². The summed E-state index contributed by atoms with van der Waals surface area (Å²) in [5.41, 5.74) is 7.62. The van der Waals surface area contributed by atoms with Gasteiger partial charge in [-0.2, -0.15) is 5.10 Å². The molecule has 2 aromatic carbocycles. The maximum Gasteiger partial charge on any atom is 0.144 e. The lowest BCUT2D eigenvalue weighted by atomic mass is 9.91. The molecule has 1 aromatic heterocycles. The van der Waals surface area contributed by atoms with Crippen LogP contribution in [0, 0.1) is 6.92 Å². The maximum atomic E-state index is 5.59. The van der Waals surface area contributed by atoms with Crippen LogP contribution in [-0.2, 0) is 25.9 Å². The Hall–Kier alpha value is -2.79. The molecule has 0 fully saturated rings. The van der Waals surface area contributed by atoms with Crippen LogP contribution in [0.5, 0.6) is 11.5 Å². The van der Waals surface area contributed by atoms with Crippen molar-refractivity contribution in [2.75, 3.05) is 14.2 Å². The van der Waals surface area contributed by atoms with Crippen LogP contribution >= 0.6 is 0 Å². The third-order valence-electron chi connectivity index (χ3n) is 6.49. The van der Waals surface area contributed by atoms with E-state index >= 15 is 0 Å². The van der Waals surface area contributed by atoms with Crippen LogP contribution in [0.25, 0.3) is 5.69 Å². The number of nitrogens with zero attached hydrogens (tertiary/aromatic N) is 3. The number of hydrogen-bond donors (Lipinski definition) is 0. The van der Waals surface area contributed by atoms with E-state index in [1.165, 1.54) is 28.1 Å². The van der Waals surface area contributed by atoms with E-state index in [4.69, 9.17) is 14.6 Å². The minimum Gasteiger partial charge on any atom is -0.496 e. The molecule has 5 nitrogen and oxygen atoms in total. The van der Waals surface area contributed by atoms with Gasteiger partial charge in [0.2, 0.25) is 0 Å². The van der Waals surface area contributed by atoms with Crippen LogP contribution in [0.3, 0.4) is 0 Å². The summed E-state index contributed by atoms with van der Waals surface area (Å²) in [5, 5.41) is 4.96. The highest BCUT2D eigenvalue weighted by Gasteiger charge is 2.32. The third-order valence-corrected chi connectivity index (χ3v) is 6.49. The summed E-state index contributed by atoms with van der Waals surface area (Å²) in [6.45, 7) is 4.16. The van der Waals surface area contributed by atoms with Gasteiger partial charge >= 0.3 is 0 Å². The van der Waals surface area contributed by atoms with E-state index in [1.807, 2.05) is 18.2 Å². The predicted octanol–water partition coefficient (Wildman–Crippen LogP) is 4.07. The lowest BCUT2D eigenvalue weighted by molar-refractivity contribution is 0.180. The van der Waals surface area contributed by atoms with Crippen molar-refractivity contribution < 1.29 is 9.47 Å². The van der Waals surface area contributed by atoms with Gasteiger partial charge in [0.15, 0.2) is 0 Å². The first-order chi connectivity index (χ1) is 14.2. The Labute approximate surface area is 171 Å². The number of ether oxygens (including phenoxy) is 2. The summed E-state index contributed by atoms with van der Waals surface area (Å²) in [5.74, 6) is 1.87. The molecule has 29 heavy (non-hydrogen) atoms. The molecule has 3 aromatic rings. The zero-order chi connectivity index (χ0) is 20.0. The van der Waals surface area contributed by atoms with E-state index < -0.39 is 0 Å². The Balaban J connectivity index is 1.42. The Kier molecular flexibility index (Phi) is 4.55. The maximum absolute atomic E-state index is 5.59. The fraction of sp³-hybridized carbons (Fsp3) is 0.375. The van der Waals surface area contributed by atoms with Gasteiger partial charge in [-0.05, 0) is 55.5 Å². The molecular formula is C24H27N3O2. The van der Waals surface area contributed by atoms with Crippen molar-refractivity contribution in [2.45, 2.75) is 45.3 Å². The van der Waals surface area contributed by atoms with Gasteiger partial charge in [0, 0.05) is 30.4 Å². The predicted molar refractivity (Wildman–Crippen MR) is 113 cm³/mol. The quantitative estimate of drug-likeness (QED) is 0.674. The first-order valence-corrected chi connectivity index (χ1v) is 10.3. The monoisotopic (exact) mass is 389 g/mol. The summed E-state index contributed by atoms with van der Waals surface area (Å²) in [6.07, 6.45) is 3.21. The molecule has 1 atom stereocenters. The Morgan fingerprint density at radius 2 is 1.72 bits per heavy atom. The number of aromatic nitrogens is 2. The fourth-order valence-electron chi connectivity index (χ4n) is 4.92. The highest BCUT2D eigenvalue weighted by Crippen LogP contribution is 2.36. The van der Waals surface area contributed by atoms with Gasteiger partial charge < -0.3 is 9.47 Å². The second kappa shape index (κ2) is 7.23. The van der Waals surface area contributed by atoms with Crippen molar-refractivity contribution in [1.29, 1.82) is 0 Å². The molecule has 1 aliphatic heterocycles. The average Bonchev–Trinajstić information content (AvgIpc) is 3.34. The molecule has 1 unspecified atom stereocenters. The van der Waals surface area contributed by atoms with Gasteiger partial charge in [-0.3, -0.25) is 4.90 Å². The molecule has 2 aliphatic rings. The Morgan fingerprint density at radius 3 is 2.55 bits per heavy atom. The Bertz CT molecular complexity index is 1060. The van der Waals surface area contributed by atoms with E-state index in [0.717, 1.165) is 49.5 Å². The first kappa shape index (κ1) is 18.3. The van der Waals surface area contributed by atoms with Crippen LogP contribution in [0.15, 0.2) is 42.5 Å². The number of aryl methyl sites for hydroxylation is 1. The summed E-state index contributed by atoms with van der Waals surface area (Å²) >= 11 is 0. The van der Waals surface area contributed by atoms with E-state index in [1.54, 1.807) is 14.2 Å². The molecule has 0 bridgehead atoms. The number of benzene rings is 2. The molecule has 0 spiro atoms. The first-order valence-electron chi connectivity index (χ1n) is 10.3. The SMILES string of the molecule is COc1ccccc1-n1nc2c(c1C)CC(N1Cc3cccc(OC)c3C1)CC2. The molecule has 0 N–H and O–H groups in total. The standard InChI is InChI=1S/C24H27N3O2/c1-16-19-13-18(26-14-17-7-6-10-23(28-2)20(17)15-26)11-12-21(19)25-27(16)22-8-4-5-9-24(22)29-3/h4-10,18H,11-15H2,1-3H3. The number of para-hydroxylation sites is 2. The van der Waals surface area contributed by atoms with Gasteiger partial charge in [0.1, 0.15) is 17.2 Å². The molecule has 5 rings (SSSR count). The molecule has 5 heteroatoms. The van der Waals surface area contributed by atoms with Crippen LogP contribution in [-0.4, -0.2) is 34.9 Å². The van der Waals surface area contributed by atoms with E-state index in [9.17, 15) is 0 Å². The number of hydrogen-bond acceptors (Lipinski definition) is 4. The van der Waals surface area contributed by atoms with Crippen molar-refractivity contribution in [3.8, 4) is 17.2 Å². The van der Waals surface area contributed by atoms with Gasteiger partial charge in [0.25, 0.3) is 0 Å². The van der Waals surface area contributed by atoms with Crippen LogP contribution in [0.4, 0.5) is 0 Å². The number of methoxy groups -OCH3 is 2. The Morgan fingerprint density at radius 1 is 0.931 bits per heavy atom. The number of rotatable bonds is 4.